The number of amides is 1. The number of hydrogen-bond donors (Lipinski definition) is 2. The first-order chi connectivity index (χ1) is 18.8. The van der Waals surface area contributed by atoms with Crippen LogP contribution < -0.4 is 14.8 Å². The molecule has 39 heavy (non-hydrogen) atoms. The molecule has 0 saturated carbocycles. The van der Waals surface area contributed by atoms with Crippen molar-refractivity contribution in [3.63, 3.8) is 0 Å². The van der Waals surface area contributed by atoms with Crippen LogP contribution in [0.25, 0.3) is 6.08 Å². The third-order valence-corrected chi connectivity index (χ3v) is 5.41. The monoisotopic (exact) mass is 534 g/mol. The lowest BCUT2D eigenvalue weighted by Crippen LogP contribution is -2.36. The van der Waals surface area contributed by atoms with Gasteiger partial charge < -0.3 is 24.6 Å². The third kappa shape index (κ3) is 7.53. The molecule has 0 aliphatic carbocycles. The molecule has 2 atom stereocenters. The first-order valence-electron chi connectivity index (χ1n) is 11.5. The number of nitro benzene ring substituents is 1. The highest BCUT2D eigenvalue weighted by Crippen LogP contribution is 2.32. The normalized spacial score (nSPS) is 12.4. The van der Waals surface area contributed by atoms with Crippen LogP contribution in [0.5, 0.6) is 11.5 Å². The summed E-state index contributed by atoms with van der Waals surface area (Å²) in [6.45, 7) is 2.99. The van der Waals surface area contributed by atoms with Gasteiger partial charge >= 0.3 is 0 Å². The number of rotatable bonds is 13. The van der Waals surface area contributed by atoms with Crippen molar-refractivity contribution in [1.29, 1.82) is 0 Å². The summed E-state index contributed by atoms with van der Waals surface area (Å²) in [7, 11) is 2.71. The van der Waals surface area contributed by atoms with Gasteiger partial charge in [-0.05, 0) is 23.8 Å². The summed E-state index contributed by atoms with van der Waals surface area (Å²) in [4.78, 5) is 36.7. The zero-order valence-electron chi connectivity index (χ0n) is 21.1. The number of anilines is 1. The van der Waals surface area contributed by atoms with Crippen LogP contribution in [0.4, 0.5) is 17.1 Å². The van der Waals surface area contributed by atoms with Crippen molar-refractivity contribution < 1.29 is 33.8 Å². The number of carbonyl (C=O) groups is 2. The van der Waals surface area contributed by atoms with Gasteiger partial charge in [-0.1, -0.05) is 49.1 Å². The Morgan fingerprint density at radius 3 is 2.41 bits per heavy atom. The van der Waals surface area contributed by atoms with Crippen molar-refractivity contribution in [2.45, 2.75) is 12.3 Å². The number of nitrogens with zero attached hydrogens (tertiary/aromatic N) is 3. The smallest absolute Gasteiger partial charge is 0.273 e. The minimum Gasteiger partial charge on any atom is -0.495 e. The highest BCUT2D eigenvalue weighted by Gasteiger charge is 2.28. The zero-order chi connectivity index (χ0) is 28.4. The minimum absolute atomic E-state index is 0.0129. The highest BCUT2D eigenvalue weighted by atomic mass is 16.6. The predicted octanol–water partition coefficient (Wildman–Crippen LogP) is 4.62. The van der Waals surface area contributed by atoms with E-state index in [2.05, 4.69) is 22.1 Å². The third-order valence-electron chi connectivity index (χ3n) is 5.41. The molecule has 12 nitrogen and oxygen atoms in total. The number of aliphatic hydroxyl groups is 1. The van der Waals surface area contributed by atoms with Gasteiger partial charge in [0.05, 0.1) is 30.9 Å². The van der Waals surface area contributed by atoms with E-state index in [1.807, 2.05) is 0 Å². The second kappa shape index (κ2) is 13.6. The summed E-state index contributed by atoms with van der Waals surface area (Å²) in [5.74, 6) is -1.30. The fourth-order valence-corrected chi connectivity index (χ4v) is 3.33. The largest absolute Gasteiger partial charge is 0.495 e. The van der Waals surface area contributed by atoms with E-state index in [1.54, 1.807) is 54.6 Å². The summed E-state index contributed by atoms with van der Waals surface area (Å²) in [5.41, 5.74) is 1.32. The number of carbonyl (C=O) groups excluding carboxylic acids is 2. The van der Waals surface area contributed by atoms with Gasteiger partial charge in [0.1, 0.15) is 18.0 Å². The number of azo groups is 1. The fourth-order valence-electron chi connectivity index (χ4n) is 3.33. The second-order valence-corrected chi connectivity index (χ2v) is 7.92. The van der Waals surface area contributed by atoms with Crippen molar-refractivity contribution >= 4 is 34.8 Å². The lowest BCUT2D eigenvalue weighted by Gasteiger charge is -2.16. The number of methoxy groups -OCH3 is 2. The van der Waals surface area contributed by atoms with Gasteiger partial charge in [0, 0.05) is 11.6 Å². The van der Waals surface area contributed by atoms with Gasteiger partial charge in [0.25, 0.3) is 11.6 Å². The molecule has 3 aromatic carbocycles. The Morgan fingerprint density at radius 1 is 1.08 bits per heavy atom. The molecule has 0 bridgehead atoms. The first-order valence-corrected chi connectivity index (χ1v) is 11.5. The van der Waals surface area contributed by atoms with Crippen LogP contribution in [0.1, 0.15) is 17.4 Å². The molecule has 0 saturated heterocycles. The number of nitrogens with one attached hydrogen (secondary N) is 1. The van der Waals surface area contributed by atoms with E-state index in [0.29, 0.717) is 11.3 Å². The Morgan fingerprint density at radius 2 is 1.77 bits per heavy atom. The maximum atomic E-state index is 13.1. The van der Waals surface area contributed by atoms with Gasteiger partial charge in [-0.3, -0.25) is 19.7 Å². The van der Waals surface area contributed by atoms with Crippen LogP contribution in [0, 0.1) is 10.1 Å². The average molecular weight is 535 g/mol. The topological polar surface area (TPSA) is 162 Å². The summed E-state index contributed by atoms with van der Waals surface area (Å²) < 4.78 is 15.7. The number of aliphatic hydroxyl groups excluding tert-OH is 1. The number of para-hydroxylation sites is 2. The second-order valence-electron chi connectivity index (χ2n) is 7.92. The maximum Gasteiger partial charge on any atom is 0.273 e. The van der Waals surface area contributed by atoms with Crippen molar-refractivity contribution in [1.82, 2.24) is 0 Å². The minimum atomic E-state index is -1.70. The molecule has 0 aromatic heterocycles. The summed E-state index contributed by atoms with van der Waals surface area (Å²) in [6.07, 6.45) is 0.189. The average Bonchev–Trinajstić information content (AvgIpc) is 2.96. The standard InChI is InChI=1S/C27H26N4O8/c1-4-17-9-11-18(12-10-17)27(34)39-16-22(32)25(26(33)28-20-7-5-6-8-23(20)37-2)30-29-21-14-13-19(31(35)36)15-24(21)38-3/h4-15,25,27,34H,1,16H2,2-3H3,(H,28,33). The Balaban J connectivity index is 1.84. The Bertz CT molecular complexity index is 1370. The summed E-state index contributed by atoms with van der Waals surface area (Å²) >= 11 is 0. The SMILES string of the molecule is C=Cc1ccc(C(O)OCC(=O)C(N=Nc2ccc([N+](=O)[O-])cc2OC)C(=O)Nc2ccccc2OC)cc1. The van der Waals surface area contributed by atoms with E-state index < -0.39 is 35.6 Å². The molecule has 3 rings (SSSR count). The Labute approximate surface area is 223 Å². The van der Waals surface area contributed by atoms with Gasteiger partial charge in [-0.2, -0.15) is 10.2 Å². The molecular formula is C27H26N4O8. The molecule has 12 heteroatoms. The van der Waals surface area contributed by atoms with Crippen LogP contribution in [-0.2, 0) is 14.3 Å². The molecule has 2 N–H and O–H groups in total. The molecule has 202 valence electrons. The van der Waals surface area contributed by atoms with E-state index in [1.165, 1.54) is 26.4 Å². The fraction of sp³-hybridized carbons (Fsp3) is 0.185. The summed E-state index contributed by atoms with van der Waals surface area (Å²) in [6, 6.07) is 15.1. The first kappa shape index (κ1) is 28.6. The molecule has 2 unspecified atom stereocenters. The maximum absolute atomic E-state index is 13.1. The molecule has 1 amide bonds. The van der Waals surface area contributed by atoms with Gasteiger partial charge in [0.15, 0.2) is 17.8 Å². The van der Waals surface area contributed by atoms with Gasteiger partial charge in [0.2, 0.25) is 6.04 Å². The van der Waals surface area contributed by atoms with E-state index in [0.717, 1.165) is 11.6 Å². The van der Waals surface area contributed by atoms with Crippen molar-refractivity contribution in [3.05, 3.63) is 94.6 Å². The van der Waals surface area contributed by atoms with Crippen molar-refractivity contribution in [2.75, 3.05) is 26.1 Å². The quantitative estimate of drug-likeness (QED) is 0.105. The Hall–Kier alpha value is -4.94. The number of benzene rings is 3. The highest BCUT2D eigenvalue weighted by molar-refractivity contribution is 6.11. The van der Waals surface area contributed by atoms with Crippen LogP contribution in [0.15, 0.2) is 83.5 Å². The van der Waals surface area contributed by atoms with E-state index in [4.69, 9.17) is 14.2 Å². The number of nitro groups is 1. The molecule has 0 radical (unpaired) electrons. The van der Waals surface area contributed by atoms with Crippen LogP contribution in [-0.4, -0.2) is 48.6 Å². The van der Waals surface area contributed by atoms with E-state index in [9.17, 15) is 24.8 Å². The molecule has 0 heterocycles. The number of ether oxygens (including phenoxy) is 3. The van der Waals surface area contributed by atoms with Crippen LogP contribution in [0.3, 0.4) is 0 Å². The molecular weight excluding hydrogens is 508 g/mol. The lowest BCUT2D eigenvalue weighted by molar-refractivity contribution is -0.384. The molecule has 0 aliphatic heterocycles. The number of non-ortho nitro benzene ring substituents is 1. The van der Waals surface area contributed by atoms with Crippen molar-refractivity contribution in [3.8, 4) is 11.5 Å². The van der Waals surface area contributed by atoms with Crippen LogP contribution in [0.2, 0.25) is 0 Å². The lowest BCUT2D eigenvalue weighted by atomic mass is 10.1. The summed E-state index contributed by atoms with van der Waals surface area (Å²) in [5, 5.41) is 31.8. The van der Waals surface area contributed by atoms with Crippen molar-refractivity contribution in [2.24, 2.45) is 10.2 Å². The number of Topliss-reactive ketones (excluding diaryl/α,β-unsaturated/α-hetero) is 1. The van der Waals surface area contributed by atoms with Gasteiger partial charge in [-0.25, -0.2) is 0 Å². The van der Waals surface area contributed by atoms with E-state index >= 15 is 0 Å². The van der Waals surface area contributed by atoms with Crippen LogP contribution >= 0.6 is 0 Å². The zero-order valence-corrected chi connectivity index (χ0v) is 21.1. The molecule has 0 spiro atoms. The number of ketones is 1. The number of hydrogen-bond acceptors (Lipinski definition) is 10. The molecule has 3 aromatic rings. The van der Waals surface area contributed by atoms with Gasteiger partial charge in [-0.15, -0.1) is 0 Å². The molecule has 0 fully saturated rings. The predicted molar refractivity (Wildman–Crippen MR) is 142 cm³/mol. The molecule has 0 aliphatic rings. The van der Waals surface area contributed by atoms with E-state index in [-0.39, 0.29) is 22.8 Å². The Kier molecular flexibility index (Phi) is 9.95.